The molecule has 4 heteroatoms. The van der Waals surface area contributed by atoms with Crippen molar-refractivity contribution >= 4 is 38.7 Å². The van der Waals surface area contributed by atoms with Crippen LogP contribution in [0, 0.1) is 0 Å². The molecule has 3 radical (unpaired) electrons. The van der Waals surface area contributed by atoms with Crippen LogP contribution in [0.4, 0.5) is 0 Å². The molecule has 0 atom stereocenters. The quantitative estimate of drug-likeness (QED) is 0.337. The van der Waals surface area contributed by atoms with Gasteiger partial charge in [-0.3, -0.25) is 4.57 Å². The summed E-state index contributed by atoms with van der Waals surface area (Å²) in [6.07, 6.45) is 0. The standard InChI is InChI=1S/Mn.Na.OP/c;;1-2. The van der Waals surface area contributed by atoms with E-state index >= 15 is 0 Å². The molecule has 0 saturated carbocycles. The van der Waals surface area contributed by atoms with E-state index in [9.17, 15) is 0 Å². The zero-order chi connectivity index (χ0) is 2.00. The van der Waals surface area contributed by atoms with Crippen molar-refractivity contribution in [2.75, 3.05) is 0 Å². The average molecular weight is 125 g/mol. The van der Waals surface area contributed by atoms with Crippen molar-refractivity contribution < 1.29 is 21.6 Å². The summed E-state index contributed by atoms with van der Waals surface area (Å²) >= 11 is 0. The predicted molar refractivity (Wildman–Crippen MR) is 13.4 cm³/mol. The van der Waals surface area contributed by atoms with E-state index in [2.05, 4.69) is 9.12 Å². The van der Waals surface area contributed by atoms with Crippen LogP contribution in [-0.4, -0.2) is 29.6 Å². The first-order chi connectivity index (χ1) is 1.00. The largest absolute Gasteiger partial charge is 0.261 e. The number of rotatable bonds is 0. The Morgan fingerprint density at radius 1 is 1.25 bits per heavy atom. The van der Waals surface area contributed by atoms with Crippen molar-refractivity contribution in [2.24, 2.45) is 0 Å². The summed E-state index contributed by atoms with van der Waals surface area (Å²) in [6.45, 7) is 0. The van der Waals surface area contributed by atoms with Gasteiger partial charge in [-0.05, 0) is 0 Å². The third-order valence-electron chi connectivity index (χ3n) is 0. The van der Waals surface area contributed by atoms with Gasteiger partial charge in [-0.25, -0.2) is 0 Å². The Kier molecular flexibility index (Phi) is 101. The van der Waals surface area contributed by atoms with Gasteiger partial charge in [0.15, 0.2) is 0 Å². The normalized spacial score (nSPS) is 1.00. The minimum atomic E-state index is 0. The van der Waals surface area contributed by atoms with Gasteiger partial charge in [-0.1, -0.05) is 0 Å². The fourth-order valence-electron chi connectivity index (χ4n) is 0. The molecule has 1 nitrogen and oxygen atoms in total. The minimum absolute atomic E-state index is 0. The second-order valence-electron chi connectivity index (χ2n) is 0. The first kappa shape index (κ1) is 17.5. The Morgan fingerprint density at radius 2 is 1.25 bits per heavy atom. The maximum Gasteiger partial charge on any atom is 0.261 e. The van der Waals surface area contributed by atoms with Gasteiger partial charge >= 0.3 is 0 Å². The predicted octanol–water partition coefficient (Wildman–Crippen LogP) is 0.359. The summed E-state index contributed by atoms with van der Waals surface area (Å²) in [5, 5.41) is 0. The average Bonchev–Trinajstić information content (AvgIpc) is 1.00. The van der Waals surface area contributed by atoms with Crippen molar-refractivity contribution in [2.45, 2.75) is 0 Å². The van der Waals surface area contributed by atoms with Crippen molar-refractivity contribution in [3.05, 3.63) is 0 Å². The molecule has 4 heavy (non-hydrogen) atoms. The van der Waals surface area contributed by atoms with Crippen LogP contribution < -0.4 is 0 Å². The molecule has 0 aromatic heterocycles. The van der Waals surface area contributed by atoms with E-state index in [1.807, 2.05) is 0 Å². The van der Waals surface area contributed by atoms with Gasteiger partial charge in [-0.2, -0.15) is 0 Å². The summed E-state index contributed by atoms with van der Waals surface area (Å²) in [5.41, 5.74) is 0. The van der Waals surface area contributed by atoms with Gasteiger partial charge in [0.2, 0.25) is 0 Å². The van der Waals surface area contributed by atoms with Gasteiger partial charge in [0.25, 0.3) is 9.12 Å². The van der Waals surface area contributed by atoms with Crippen LogP contribution in [-0.2, 0) is 21.6 Å². The van der Waals surface area contributed by atoms with E-state index in [1.165, 1.54) is 0 Å². The van der Waals surface area contributed by atoms with Crippen LogP contribution in [0.3, 0.4) is 0 Å². The Bertz CT molecular complexity index is 8.00. The number of hydrogen-bond donors (Lipinski definition) is 0. The monoisotopic (exact) mass is 125 g/mol. The second-order valence-corrected chi connectivity index (χ2v) is 0. The number of hydrogen-bond acceptors (Lipinski definition) is 1. The molecule has 0 aliphatic carbocycles. The molecule has 0 bridgehead atoms. The summed E-state index contributed by atoms with van der Waals surface area (Å²) in [6, 6.07) is 0. The van der Waals surface area contributed by atoms with Gasteiger partial charge in [0.05, 0.1) is 0 Å². The molecule has 0 amide bonds. The van der Waals surface area contributed by atoms with E-state index in [0.717, 1.165) is 0 Å². The van der Waals surface area contributed by atoms with Crippen molar-refractivity contribution in [3.8, 4) is 0 Å². The molecule has 0 aromatic rings. The zero-order valence-corrected chi connectivity index (χ0v) is 6.31. The molecular weight excluding hydrogens is 125 g/mol. The molecule has 0 N–H and O–H groups in total. The van der Waals surface area contributed by atoms with Crippen molar-refractivity contribution in [3.63, 3.8) is 0 Å². The molecule has 0 aromatic carbocycles. The fourth-order valence-corrected chi connectivity index (χ4v) is 0. The van der Waals surface area contributed by atoms with Gasteiger partial charge in [-0.15, -0.1) is 0 Å². The van der Waals surface area contributed by atoms with E-state index in [4.69, 9.17) is 4.57 Å². The van der Waals surface area contributed by atoms with Crippen LogP contribution in [0.15, 0.2) is 0 Å². The first-order valence-corrected chi connectivity index (χ1v) is 0.548. The van der Waals surface area contributed by atoms with Crippen LogP contribution in [0.1, 0.15) is 0 Å². The molecular formula is MnNaOP. The maximum absolute atomic E-state index is 7.94. The van der Waals surface area contributed by atoms with Gasteiger partial charge in [0, 0.05) is 46.6 Å². The molecule has 0 aliphatic heterocycles. The van der Waals surface area contributed by atoms with E-state index in [1.54, 1.807) is 0 Å². The Balaban J connectivity index is -0.00000000500. The van der Waals surface area contributed by atoms with Crippen molar-refractivity contribution in [1.82, 2.24) is 0 Å². The molecule has 0 spiro atoms. The van der Waals surface area contributed by atoms with Crippen molar-refractivity contribution in [1.29, 1.82) is 0 Å². The molecule has 0 heterocycles. The summed E-state index contributed by atoms with van der Waals surface area (Å²) < 4.78 is 7.94. The fraction of sp³-hybridized carbons (Fsp3) is 0. The summed E-state index contributed by atoms with van der Waals surface area (Å²) in [5.74, 6) is 0. The van der Waals surface area contributed by atoms with Gasteiger partial charge in [0.1, 0.15) is 0 Å². The molecule has 0 fully saturated rings. The van der Waals surface area contributed by atoms with Crippen LogP contribution in [0.5, 0.6) is 0 Å². The Labute approximate surface area is 59.9 Å². The topological polar surface area (TPSA) is 17.1 Å². The SMILES string of the molecule is O=[P].[Mn].[Na]. The van der Waals surface area contributed by atoms with Crippen LogP contribution in [0.25, 0.3) is 0 Å². The third kappa shape index (κ3) is 9.47. The Hall–Kier alpha value is 1.62. The third-order valence-corrected chi connectivity index (χ3v) is 0. The molecule has 0 rings (SSSR count). The molecule has 0 saturated heterocycles. The molecule has 0 unspecified atom stereocenters. The zero-order valence-electron chi connectivity index (χ0n) is 2.23. The maximum atomic E-state index is 7.94. The minimum Gasteiger partial charge on any atom is -0.261 e. The van der Waals surface area contributed by atoms with E-state index < -0.39 is 0 Å². The van der Waals surface area contributed by atoms with Crippen LogP contribution >= 0.6 is 9.12 Å². The van der Waals surface area contributed by atoms with Gasteiger partial charge < -0.3 is 0 Å². The van der Waals surface area contributed by atoms with E-state index in [0.29, 0.717) is 0 Å². The Morgan fingerprint density at radius 3 is 1.25 bits per heavy atom. The summed E-state index contributed by atoms with van der Waals surface area (Å²) in [7, 11) is 2.28. The van der Waals surface area contributed by atoms with E-state index in [-0.39, 0.29) is 46.6 Å². The van der Waals surface area contributed by atoms with Crippen LogP contribution in [0.2, 0.25) is 0 Å². The summed E-state index contributed by atoms with van der Waals surface area (Å²) in [4.78, 5) is 0. The smallest absolute Gasteiger partial charge is 0.261 e. The first-order valence-electron chi connectivity index (χ1n) is 0.183. The molecule has 0 aliphatic rings. The second kappa shape index (κ2) is 23.1. The molecule has 19 valence electrons.